The molecular formula is C21H31N3O. The summed E-state index contributed by atoms with van der Waals surface area (Å²) < 4.78 is 0. The van der Waals surface area contributed by atoms with Gasteiger partial charge in [0.15, 0.2) is 0 Å². The molecule has 1 aliphatic rings. The molecule has 0 saturated carbocycles. The van der Waals surface area contributed by atoms with Crippen LogP contribution in [-0.2, 0) is 12.8 Å². The summed E-state index contributed by atoms with van der Waals surface area (Å²) in [6.45, 7) is 7.36. The Labute approximate surface area is 151 Å². The van der Waals surface area contributed by atoms with Gasteiger partial charge in [-0.25, -0.2) is 0 Å². The molecule has 0 fully saturated rings. The van der Waals surface area contributed by atoms with E-state index in [9.17, 15) is 4.79 Å². The molecule has 3 rings (SSSR count). The summed E-state index contributed by atoms with van der Waals surface area (Å²) in [5.41, 5.74) is 4.69. The van der Waals surface area contributed by atoms with Crippen LogP contribution in [0.1, 0.15) is 48.8 Å². The highest BCUT2D eigenvalue weighted by Crippen LogP contribution is 2.32. The van der Waals surface area contributed by atoms with E-state index in [1.807, 2.05) is 6.07 Å². The van der Waals surface area contributed by atoms with Gasteiger partial charge in [0.1, 0.15) is 0 Å². The second-order valence-electron chi connectivity index (χ2n) is 8.18. The molecule has 1 amide bonds. The molecule has 2 atom stereocenters. The molecule has 0 spiro atoms. The third-order valence-electron chi connectivity index (χ3n) is 5.60. The van der Waals surface area contributed by atoms with Crippen LogP contribution in [0.5, 0.6) is 0 Å². The van der Waals surface area contributed by atoms with Crippen LogP contribution in [0.25, 0.3) is 10.9 Å². The fourth-order valence-electron chi connectivity index (χ4n) is 4.05. The first-order valence-corrected chi connectivity index (χ1v) is 9.45. The predicted octanol–water partition coefficient (Wildman–Crippen LogP) is 3.61. The maximum Gasteiger partial charge on any atom is 0.251 e. The molecule has 25 heavy (non-hydrogen) atoms. The number of nitrogens with zero attached hydrogens (tertiary/aromatic N) is 1. The molecular weight excluding hydrogens is 310 g/mol. The summed E-state index contributed by atoms with van der Waals surface area (Å²) in [6.07, 6.45) is 3.47. The van der Waals surface area contributed by atoms with Crippen molar-refractivity contribution < 1.29 is 4.79 Å². The number of H-pyrrole nitrogens is 1. The van der Waals surface area contributed by atoms with Crippen LogP contribution in [0.15, 0.2) is 18.2 Å². The van der Waals surface area contributed by atoms with Crippen molar-refractivity contribution in [3.8, 4) is 0 Å². The van der Waals surface area contributed by atoms with Gasteiger partial charge in [-0.1, -0.05) is 20.8 Å². The molecule has 4 heteroatoms. The number of nitrogens with one attached hydrogen (secondary N) is 2. The minimum Gasteiger partial charge on any atom is -0.358 e. The highest BCUT2D eigenvalue weighted by Gasteiger charge is 2.21. The molecule has 0 unspecified atom stereocenters. The van der Waals surface area contributed by atoms with Gasteiger partial charge in [-0.3, -0.25) is 4.79 Å². The summed E-state index contributed by atoms with van der Waals surface area (Å²) in [5, 5.41) is 4.34. The van der Waals surface area contributed by atoms with Gasteiger partial charge in [0.2, 0.25) is 0 Å². The number of aromatic nitrogens is 1. The summed E-state index contributed by atoms with van der Waals surface area (Å²) in [7, 11) is 4.13. The Morgan fingerprint density at radius 2 is 2.12 bits per heavy atom. The number of amides is 1. The number of hydrogen-bond acceptors (Lipinski definition) is 2. The van der Waals surface area contributed by atoms with E-state index in [4.69, 9.17) is 0 Å². The fourth-order valence-corrected chi connectivity index (χ4v) is 4.05. The number of rotatable bonds is 5. The number of hydrogen-bond donors (Lipinski definition) is 2. The molecule has 1 aromatic heterocycles. The molecule has 4 nitrogen and oxygen atoms in total. The second-order valence-corrected chi connectivity index (χ2v) is 8.18. The Morgan fingerprint density at radius 3 is 2.80 bits per heavy atom. The van der Waals surface area contributed by atoms with Crippen molar-refractivity contribution >= 4 is 16.8 Å². The molecule has 0 bridgehead atoms. The lowest BCUT2D eigenvalue weighted by atomic mass is 9.87. The number of fused-ring (bicyclic) bond motifs is 3. The van der Waals surface area contributed by atoms with Crippen molar-refractivity contribution in [2.24, 2.45) is 11.8 Å². The van der Waals surface area contributed by atoms with E-state index < -0.39 is 0 Å². The highest BCUT2D eigenvalue weighted by atomic mass is 16.1. The number of likely N-dealkylation sites (N-methyl/N-ethyl adjacent to an activating group) is 1. The zero-order valence-electron chi connectivity index (χ0n) is 16.1. The maximum absolute atomic E-state index is 12.7. The normalized spacial score (nSPS) is 18.6. The predicted molar refractivity (Wildman–Crippen MR) is 104 cm³/mol. The molecule has 0 saturated heterocycles. The quantitative estimate of drug-likeness (QED) is 0.873. The number of carbonyl (C=O) groups is 1. The van der Waals surface area contributed by atoms with Gasteiger partial charge in [0.05, 0.1) is 0 Å². The fraction of sp³-hybridized carbons (Fsp3) is 0.571. The van der Waals surface area contributed by atoms with Gasteiger partial charge < -0.3 is 15.2 Å². The van der Waals surface area contributed by atoms with Crippen molar-refractivity contribution in [2.45, 2.75) is 46.1 Å². The molecule has 0 aliphatic heterocycles. The standard InChI is InChI=1S/C21H31N3O/c1-13(2)20(24(4)5)12-22-21(25)15-7-9-19-17(11-15)16-10-14(3)6-8-18(16)23-19/h7,9,11,13-14,20,23H,6,8,10,12H2,1-5H3,(H,22,25)/t14-,20-/m0/s1. The van der Waals surface area contributed by atoms with Gasteiger partial charge in [0.25, 0.3) is 5.91 Å². The smallest absolute Gasteiger partial charge is 0.251 e. The van der Waals surface area contributed by atoms with E-state index >= 15 is 0 Å². The monoisotopic (exact) mass is 341 g/mol. The number of aryl methyl sites for hydroxylation is 1. The van der Waals surface area contributed by atoms with Crippen LogP contribution in [-0.4, -0.2) is 42.5 Å². The van der Waals surface area contributed by atoms with Crippen LogP contribution in [0, 0.1) is 11.8 Å². The Balaban J connectivity index is 1.79. The lowest BCUT2D eigenvalue weighted by Crippen LogP contribution is -2.43. The molecule has 0 radical (unpaired) electrons. The first-order valence-electron chi connectivity index (χ1n) is 9.45. The van der Waals surface area contributed by atoms with Crippen molar-refractivity contribution in [3.05, 3.63) is 35.0 Å². The first kappa shape index (κ1) is 18.0. The lowest BCUT2D eigenvalue weighted by molar-refractivity contribution is 0.0935. The van der Waals surface area contributed by atoms with Gasteiger partial charge in [-0.15, -0.1) is 0 Å². The van der Waals surface area contributed by atoms with Crippen molar-refractivity contribution in [1.29, 1.82) is 0 Å². The van der Waals surface area contributed by atoms with Crippen molar-refractivity contribution in [2.75, 3.05) is 20.6 Å². The third-order valence-corrected chi connectivity index (χ3v) is 5.60. The van der Waals surface area contributed by atoms with Crippen LogP contribution in [0.4, 0.5) is 0 Å². The molecule has 1 aromatic carbocycles. The topological polar surface area (TPSA) is 48.1 Å². The zero-order valence-corrected chi connectivity index (χ0v) is 16.1. The Morgan fingerprint density at radius 1 is 1.36 bits per heavy atom. The second kappa shape index (κ2) is 7.20. The van der Waals surface area contributed by atoms with E-state index in [2.05, 4.69) is 62.2 Å². The van der Waals surface area contributed by atoms with E-state index in [0.717, 1.165) is 29.8 Å². The van der Waals surface area contributed by atoms with E-state index in [-0.39, 0.29) is 5.91 Å². The Hall–Kier alpha value is -1.81. The molecule has 1 heterocycles. The first-order chi connectivity index (χ1) is 11.9. The Kier molecular flexibility index (Phi) is 5.19. The van der Waals surface area contributed by atoms with Gasteiger partial charge in [-0.2, -0.15) is 0 Å². The summed E-state index contributed by atoms with van der Waals surface area (Å²) in [6, 6.07) is 6.40. The third kappa shape index (κ3) is 3.74. The SMILES string of the molecule is CC(C)[C@H](CNC(=O)c1ccc2[nH]c3c(c2c1)C[C@@H](C)CC3)N(C)C. The van der Waals surface area contributed by atoms with Crippen LogP contribution in [0.2, 0.25) is 0 Å². The van der Waals surface area contributed by atoms with Gasteiger partial charge >= 0.3 is 0 Å². The minimum atomic E-state index is 0.0215. The van der Waals surface area contributed by atoms with E-state index in [1.54, 1.807) is 0 Å². The van der Waals surface area contributed by atoms with E-state index in [0.29, 0.717) is 18.5 Å². The number of aromatic amines is 1. The summed E-state index contributed by atoms with van der Waals surface area (Å²) in [4.78, 5) is 18.4. The van der Waals surface area contributed by atoms with Crippen LogP contribution < -0.4 is 5.32 Å². The van der Waals surface area contributed by atoms with E-state index in [1.165, 1.54) is 23.1 Å². The summed E-state index contributed by atoms with van der Waals surface area (Å²) in [5.74, 6) is 1.24. The average molecular weight is 341 g/mol. The van der Waals surface area contributed by atoms with Crippen LogP contribution >= 0.6 is 0 Å². The molecule has 136 valence electrons. The maximum atomic E-state index is 12.7. The largest absolute Gasteiger partial charge is 0.358 e. The minimum absolute atomic E-state index is 0.0215. The molecule has 1 aliphatic carbocycles. The number of carbonyl (C=O) groups excluding carboxylic acids is 1. The molecule has 2 N–H and O–H groups in total. The Bertz CT molecular complexity index is 752. The number of benzene rings is 1. The highest BCUT2D eigenvalue weighted by molar-refractivity contribution is 5.99. The lowest BCUT2D eigenvalue weighted by Gasteiger charge is -2.28. The molecule has 2 aromatic rings. The summed E-state index contributed by atoms with van der Waals surface area (Å²) >= 11 is 0. The van der Waals surface area contributed by atoms with Gasteiger partial charge in [0, 0.05) is 34.7 Å². The van der Waals surface area contributed by atoms with Gasteiger partial charge in [-0.05, 0) is 69.0 Å². The zero-order chi connectivity index (χ0) is 18.1. The van der Waals surface area contributed by atoms with Crippen LogP contribution in [0.3, 0.4) is 0 Å². The average Bonchev–Trinajstić information content (AvgIpc) is 2.91. The van der Waals surface area contributed by atoms with Crippen molar-refractivity contribution in [1.82, 2.24) is 15.2 Å². The van der Waals surface area contributed by atoms with Crippen molar-refractivity contribution in [3.63, 3.8) is 0 Å².